The van der Waals surface area contributed by atoms with Crippen LogP contribution < -0.4 is 4.74 Å². The molecule has 0 spiro atoms. The van der Waals surface area contributed by atoms with Gasteiger partial charge in [-0.25, -0.2) is 9.97 Å². The third-order valence-electron chi connectivity index (χ3n) is 3.16. The molecule has 0 fully saturated rings. The van der Waals surface area contributed by atoms with Gasteiger partial charge in [0.1, 0.15) is 17.5 Å². The van der Waals surface area contributed by atoms with E-state index in [2.05, 4.69) is 9.97 Å². The van der Waals surface area contributed by atoms with Gasteiger partial charge in [-0.2, -0.15) is 0 Å². The topological polar surface area (TPSA) is 35.0 Å². The van der Waals surface area contributed by atoms with Gasteiger partial charge in [-0.1, -0.05) is 41.9 Å². The first kappa shape index (κ1) is 14.1. The SMILES string of the molecule is Cc1cc2c(Cl)nc(Cl)nc2cc1OCc1ccccc1. The van der Waals surface area contributed by atoms with Crippen LogP contribution >= 0.6 is 23.2 Å². The van der Waals surface area contributed by atoms with Gasteiger partial charge in [0.15, 0.2) is 0 Å². The predicted octanol–water partition coefficient (Wildman–Crippen LogP) is 4.82. The maximum Gasteiger partial charge on any atom is 0.224 e. The van der Waals surface area contributed by atoms with E-state index in [0.29, 0.717) is 17.3 Å². The van der Waals surface area contributed by atoms with Crippen LogP contribution in [0.4, 0.5) is 0 Å². The molecule has 106 valence electrons. The molecule has 0 unspecified atom stereocenters. The molecule has 21 heavy (non-hydrogen) atoms. The van der Waals surface area contributed by atoms with Gasteiger partial charge in [-0.15, -0.1) is 0 Å². The Morgan fingerprint density at radius 1 is 1.05 bits per heavy atom. The van der Waals surface area contributed by atoms with Gasteiger partial charge in [-0.3, -0.25) is 0 Å². The first-order valence-corrected chi connectivity index (χ1v) is 7.19. The van der Waals surface area contributed by atoms with Crippen molar-refractivity contribution in [1.82, 2.24) is 9.97 Å². The normalized spacial score (nSPS) is 10.8. The molecular formula is C16H12Cl2N2O. The largest absolute Gasteiger partial charge is 0.489 e. The third kappa shape index (κ3) is 3.09. The molecule has 0 aliphatic carbocycles. The first-order chi connectivity index (χ1) is 10.1. The molecule has 0 radical (unpaired) electrons. The maximum atomic E-state index is 6.08. The zero-order chi connectivity index (χ0) is 14.8. The van der Waals surface area contributed by atoms with Crippen molar-refractivity contribution >= 4 is 34.1 Å². The standard InChI is InChI=1S/C16H12Cl2N2O/c1-10-7-12-13(19-16(18)20-15(12)17)8-14(10)21-9-11-5-3-2-4-6-11/h2-8H,9H2,1H3. The lowest BCUT2D eigenvalue weighted by Crippen LogP contribution is -1.98. The molecule has 3 rings (SSSR count). The summed E-state index contributed by atoms with van der Waals surface area (Å²) in [6.07, 6.45) is 0. The summed E-state index contributed by atoms with van der Waals surface area (Å²) in [5.41, 5.74) is 2.76. The van der Waals surface area contributed by atoms with Gasteiger partial charge < -0.3 is 4.74 Å². The van der Waals surface area contributed by atoms with Crippen LogP contribution in [0, 0.1) is 6.92 Å². The van der Waals surface area contributed by atoms with E-state index in [4.69, 9.17) is 27.9 Å². The van der Waals surface area contributed by atoms with Gasteiger partial charge in [-0.05, 0) is 35.7 Å². The molecule has 3 nitrogen and oxygen atoms in total. The molecule has 3 aromatic rings. The molecule has 0 aliphatic heterocycles. The summed E-state index contributed by atoms with van der Waals surface area (Å²) >= 11 is 11.9. The lowest BCUT2D eigenvalue weighted by atomic mass is 10.1. The van der Waals surface area contributed by atoms with E-state index < -0.39 is 0 Å². The minimum absolute atomic E-state index is 0.130. The lowest BCUT2D eigenvalue weighted by Gasteiger charge is -2.11. The molecule has 0 N–H and O–H groups in total. The number of hydrogen-bond acceptors (Lipinski definition) is 3. The number of halogens is 2. The number of hydrogen-bond donors (Lipinski definition) is 0. The lowest BCUT2D eigenvalue weighted by molar-refractivity contribution is 0.304. The minimum atomic E-state index is 0.130. The van der Waals surface area contributed by atoms with Crippen molar-refractivity contribution in [3.8, 4) is 5.75 Å². The second kappa shape index (κ2) is 5.88. The summed E-state index contributed by atoms with van der Waals surface area (Å²) in [6, 6.07) is 13.7. The maximum absolute atomic E-state index is 6.08. The second-order valence-corrected chi connectivity index (χ2v) is 5.39. The Kier molecular flexibility index (Phi) is 3.95. The number of benzene rings is 2. The summed E-state index contributed by atoms with van der Waals surface area (Å²) in [5, 5.41) is 1.25. The third-order valence-corrected chi connectivity index (χ3v) is 3.61. The van der Waals surface area contributed by atoms with Crippen LogP contribution in [-0.2, 0) is 6.61 Å². The molecule has 0 amide bonds. The number of nitrogens with zero attached hydrogens (tertiary/aromatic N) is 2. The summed E-state index contributed by atoms with van der Waals surface area (Å²) in [5.74, 6) is 0.761. The van der Waals surface area contributed by atoms with Gasteiger partial charge >= 0.3 is 0 Å². The van der Waals surface area contributed by atoms with E-state index in [1.54, 1.807) is 0 Å². The molecule has 2 aromatic carbocycles. The van der Waals surface area contributed by atoms with Crippen LogP contribution in [0.15, 0.2) is 42.5 Å². The average Bonchev–Trinajstić information content (AvgIpc) is 2.47. The number of rotatable bonds is 3. The van der Waals surface area contributed by atoms with Gasteiger partial charge in [0, 0.05) is 11.5 Å². The summed E-state index contributed by atoms with van der Waals surface area (Å²) in [6.45, 7) is 2.46. The molecule has 1 heterocycles. The molecular weight excluding hydrogens is 307 g/mol. The predicted molar refractivity (Wildman–Crippen MR) is 85.1 cm³/mol. The van der Waals surface area contributed by atoms with Crippen molar-refractivity contribution in [2.45, 2.75) is 13.5 Å². The highest BCUT2D eigenvalue weighted by Crippen LogP contribution is 2.29. The average molecular weight is 319 g/mol. The van der Waals surface area contributed by atoms with Crippen LogP contribution in [0.25, 0.3) is 10.9 Å². The highest BCUT2D eigenvalue weighted by molar-refractivity contribution is 6.35. The Morgan fingerprint density at radius 2 is 1.81 bits per heavy atom. The van der Waals surface area contributed by atoms with Crippen LogP contribution in [0.3, 0.4) is 0 Å². The number of fused-ring (bicyclic) bond motifs is 1. The molecule has 0 aliphatic rings. The molecule has 0 atom stereocenters. The molecule has 5 heteroatoms. The van der Waals surface area contributed by atoms with Crippen LogP contribution in [0.1, 0.15) is 11.1 Å². The zero-order valence-electron chi connectivity index (χ0n) is 11.3. The van der Waals surface area contributed by atoms with Crippen LogP contribution in [0.2, 0.25) is 10.4 Å². The van der Waals surface area contributed by atoms with E-state index >= 15 is 0 Å². The van der Waals surface area contributed by atoms with Gasteiger partial charge in [0.05, 0.1) is 5.52 Å². The molecule has 0 saturated carbocycles. The van der Waals surface area contributed by atoms with Crippen LogP contribution in [-0.4, -0.2) is 9.97 Å². The summed E-state index contributed by atoms with van der Waals surface area (Å²) in [7, 11) is 0. The minimum Gasteiger partial charge on any atom is -0.489 e. The fourth-order valence-electron chi connectivity index (χ4n) is 2.09. The molecule has 0 bridgehead atoms. The van der Waals surface area contributed by atoms with E-state index in [1.807, 2.05) is 49.4 Å². The monoisotopic (exact) mass is 318 g/mol. The van der Waals surface area contributed by atoms with Crippen LogP contribution in [0.5, 0.6) is 5.75 Å². The van der Waals surface area contributed by atoms with Crippen molar-refractivity contribution in [1.29, 1.82) is 0 Å². The number of aryl methyl sites for hydroxylation is 1. The Balaban J connectivity index is 1.94. The van der Waals surface area contributed by atoms with Crippen molar-refractivity contribution in [2.75, 3.05) is 0 Å². The van der Waals surface area contributed by atoms with E-state index in [9.17, 15) is 0 Å². The van der Waals surface area contributed by atoms with E-state index in [0.717, 1.165) is 22.3 Å². The fourth-order valence-corrected chi connectivity index (χ4v) is 2.54. The highest BCUT2D eigenvalue weighted by Gasteiger charge is 2.09. The zero-order valence-corrected chi connectivity index (χ0v) is 12.8. The van der Waals surface area contributed by atoms with E-state index in [-0.39, 0.29) is 5.28 Å². The van der Waals surface area contributed by atoms with Crippen molar-refractivity contribution < 1.29 is 4.74 Å². The Morgan fingerprint density at radius 3 is 2.57 bits per heavy atom. The molecule has 1 aromatic heterocycles. The Hall–Kier alpha value is -1.84. The van der Waals surface area contributed by atoms with Gasteiger partial charge in [0.2, 0.25) is 5.28 Å². The summed E-state index contributed by atoms with van der Waals surface area (Å²) in [4.78, 5) is 8.13. The Labute approximate surface area is 132 Å². The van der Waals surface area contributed by atoms with Crippen molar-refractivity contribution in [3.63, 3.8) is 0 Å². The smallest absolute Gasteiger partial charge is 0.224 e. The fraction of sp³-hybridized carbons (Fsp3) is 0.125. The van der Waals surface area contributed by atoms with Crippen molar-refractivity contribution in [3.05, 3.63) is 64.0 Å². The van der Waals surface area contributed by atoms with Crippen molar-refractivity contribution in [2.24, 2.45) is 0 Å². The molecule has 0 saturated heterocycles. The first-order valence-electron chi connectivity index (χ1n) is 6.43. The second-order valence-electron chi connectivity index (χ2n) is 4.69. The number of ether oxygens (including phenoxy) is 1. The quantitative estimate of drug-likeness (QED) is 0.512. The Bertz CT molecular complexity index is 791. The summed E-state index contributed by atoms with van der Waals surface area (Å²) < 4.78 is 5.86. The number of aromatic nitrogens is 2. The highest BCUT2D eigenvalue weighted by atomic mass is 35.5. The van der Waals surface area contributed by atoms with Gasteiger partial charge in [0.25, 0.3) is 0 Å². The van der Waals surface area contributed by atoms with E-state index in [1.165, 1.54) is 0 Å².